The average Bonchev–Trinajstić information content (AvgIpc) is 2.95. The minimum atomic E-state index is -0.487. The smallest absolute Gasteiger partial charge is 0.231 e. The lowest BCUT2D eigenvalue weighted by atomic mass is 10.2. The van der Waals surface area contributed by atoms with Gasteiger partial charge in [0.2, 0.25) is 6.79 Å². The van der Waals surface area contributed by atoms with Crippen molar-refractivity contribution < 1.29 is 19.3 Å². The number of nitrogens with zero attached hydrogens (tertiary/aromatic N) is 2. The van der Waals surface area contributed by atoms with Gasteiger partial charge in [0, 0.05) is 38.8 Å². The van der Waals surface area contributed by atoms with Crippen molar-refractivity contribution in [3.05, 3.63) is 18.2 Å². The molecule has 1 aromatic carbocycles. The van der Waals surface area contributed by atoms with Gasteiger partial charge in [-0.25, -0.2) is 0 Å². The highest BCUT2D eigenvalue weighted by atomic mass is 35.5. The minimum Gasteiger partial charge on any atom is -0.491 e. The molecule has 2 heterocycles. The summed E-state index contributed by atoms with van der Waals surface area (Å²) in [5.74, 6) is 2.12. The molecule has 132 valence electrons. The lowest BCUT2D eigenvalue weighted by Gasteiger charge is -2.33. The zero-order valence-corrected chi connectivity index (χ0v) is 14.8. The number of piperazine rings is 1. The van der Waals surface area contributed by atoms with Gasteiger partial charge in [0.05, 0.1) is 0 Å². The van der Waals surface area contributed by atoms with Crippen LogP contribution in [0.1, 0.15) is 0 Å². The van der Waals surface area contributed by atoms with Gasteiger partial charge in [-0.3, -0.25) is 4.90 Å². The zero-order valence-electron chi connectivity index (χ0n) is 13.1. The Morgan fingerprint density at radius 2 is 1.83 bits per heavy atom. The summed E-state index contributed by atoms with van der Waals surface area (Å²) in [6.07, 6.45) is -0.487. The number of β-amino-alcohol motifs (C(OH)–C–C–N with tert-alkyl or cyclic N) is 1. The molecular weight excluding hydrogens is 343 g/mol. The van der Waals surface area contributed by atoms with Crippen LogP contribution in [0.5, 0.6) is 17.2 Å². The molecule has 0 saturated carbocycles. The van der Waals surface area contributed by atoms with Crippen molar-refractivity contribution in [2.75, 3.05) is 53.2 Å². The summed E-state index contributed by atoms with van der Waals surface area (Å²) in [4.78, 5) is 4.57. The van der Waals surface area contributed by atoms with Crippen molar-refractivity contribution in [3.63, 3.8) is 0 Å². The molecule has 1 saturated heterocycles. The standard InChI is InChI=1S/C15H22N2O4.2ClH/c1-16-4-6-17(7-5-16)9-12(18)10-19-13-2-3-14-15(8-13)21-11-20-14;;/h2-3,8,12,18H,4-7,9-11H2,1H3;2*1H. The van der Waals surface area contributed by atoms with Crippen LogP contribution >= 0.6 is 24.8 Å². The van der Waals surface area contributed by atoms with Crippen LogP contribution in [0.2, 0.25) is 0 Å². The first kappa shape index (κ1) is 20.1. The Labute approximate surface area is 149 Å². The van der Waals surface area contributed by atoms with E-state index in [9.17, 15) is 5.11 Å². The van der Waals surface area contributed by atoms with E-state index in [4.69, 9.17) is 14.2 Å². The van der Waals surface area contributed by atoms with Gasteiger partial charge >= 0.3 is 0 Å². The molecule has 0 aliphatic carbocycles. The van der Waals surface area contributed by atoms with Crippen LogP contribution in [-0.4, -0.2) is 74.2 Å². The van der Waals surface area contributed by atoms with Crippen molar-refractivity contribution in [2.45, 2.75) is 6.10 Å². The fourth-order valence-electron chi connectivity index (χ4n) is 2.54. The summed E-state index contributed by atoms with van der Waals surface area (Å²) in [6, 6.07) is 5.45. The summed E-state index contributed by atoms with van der Waals surface area (Å²) in [6.45, 7) is 5.29. The van der Waals surface area contributed by atoms with E-state index in [-0.39, 0.29) is 38.2 Å². The maximum Gasteiger partial charge on any atom is 0.231 e. The topological polar surface area (TPSA) is 54.4 Å². The number of fused-ring (bicyclic) bond motifs is 1. The summed E-state index contributed by atoms with van der Waals surface area (Å²) >= 11 is 0. The molecular formula is C15H24Cl2N2O4. The van der Waals surface area contributed by atoms with Gasteiger partial charge in [0.1, 0.15) is 18.5 Å². The average molecular weight is 367 g/mol. The van der Waals surface area contributed by atoms with Crippen molar-refractivity contribution in [1.29, 1.82) is 0 Å². The van der Waals surface area contributed by atoms with Gasteiger partial charge in [-0.15, -0.1) is 24.8 Å². The number of aliphatic hydroxyl groups excluding tert-OH is 1. The monoisotopic (exact) mass is 366 g/mol. The molecule has 1 N–H and O–H groups in total. The highest BCUT2D eigenvalue weighted by Gasteiger charge is 2.18. The van der Waals surface area contributed by atoms with E-state index >= 15 is 0 Å². The number of hydrogen-bond donors (Lipinski definition) is 1. The SMILES string of the molecule is CN1CCN(CC(O)COc2ccc3c(c2)OCO3)CC1.Cl.Cl. The lowest BCUT2D eigenvalue weighted by molar-refractivity contribution is 0.0504. The van der Waals surface area contributed by atoms with Gasteiger partial charge in [0.15, 0.2) is 11.5 Å². The third kappa shape index (κ3) is 5.58. The number of halogens is 2. The fourth-order valence-corrected chi connectivity index (χ4v) is 2.54. The number of rotatable bonds is 5. The first-order chi connectivity index (χ1) is 10.2. The Morgan fingerprint density at radius 3 is 2.57 bits per heavy atom. The molecule has 8 heteroatoms. The molecule has 1 aromatic rings. The molecule has 1 unspecified atom stereocenters. The van der Waals surface area contributed by atoms with Gasteiger partial charge in [-0.1, -0.05) is 0 Å². The Balaban J connectivity index is 0.00000132. The first-order valence-electron chi connectivity index (χ1n) is 7.32. The van der Waals surface area contributed by atoms with Crippen molar-refractivity contribution >= 4 is 24.8 Å². The van der Waals surface area contributed by atoms with Crippen LogP contribution in [-0.2, 0) is 0 Å². The molecule has 23 heavy (non-hydrogen) atoms. The van der Waals surface area contributed by atoms with Crippen molar-refractivity contribution in [3.8, 4) is 17.2 Å². The van der Waals surface area contributed by atoms with Crippen molar-refractivity contribution in [1.82, 2.24) is 9.80 Å². The quantitative estimate of drug-likeness (QED) is 0.846. The molecule has 0 amide bonds. The fraction of sp³-hybridized carbons (Fsp3) is 0.600. The predicted octanol–water partition coefficient (Wildman–Crippen LogP) is 1.25. The second-order valence-corrected chi connectivity index (χ2v) is 5.58. The summed E-state index contributed by atoms with van der Waals surface area (Å²) in [7, 11) is 2.12. The maximum absolute atomic E-state index is 10.1. The van der Waals surface area contributed by atoms with E-state index in [1.54, 1.807) is 6.07 Å². The number of aliphatic hydroxyl groups is 1. The van der Waals surface area contributed by atoms with E-state index in [0.717, 1.165) is 31.9 Å². The van der Waals surface area contributed by atoms with Gasteiger partial charge < -0.3 is 24.2 Å². The third-order valence-corrected chi connectivity index (χ3v) is 3.85. The molecule has 3 rings (SSSR count). The van der Waals surface area contributed by atoms with Crippen LogP contribution in [0.4, 0.5) is 0 Å². The van der Waals surface area contributed by atoms with Crippen LogP contribution in [0.25, 0.3) is 0 Å². The number of hydrogen-bond acceptors (Lipinski definition) is 6. The van der Waals surface area contributed by atoms with E-state index in [1.165, 1.54) is 0 Å². The second kappa shape index (κ2) is 9.39. The second-order valence-electron chi connectivity index (χ2n) is 5.58. The number of ether oxygens (including phenoxy) is 3. The molecule has 1 fully saturated rings. The Kier molecular flexibility index (Phi) is 8.22. The Morgan fingerprint density at radius 1 is 1.13 bits per heavy atom. The van der Waals surface area contributed by atoms with Gasteiger partial charge in [-0.05, 0) is 19.2 Å². The minimum absolute atomic E-state index is 0. The van der Waals surface area contributed by atoms with Gasteiger partial charge in [-0.2, -0.15) is 0 Å². The van der Waals surface area contributed by atoms with E-state index < -0.39 is 6.10 Å². The molecule has 6 nitrogen and oxygen atoms in total. The Hall–Kier alpha value is -0.920. The molecule has 0 aromatic heterocycles. The molecule has 2 aliphatic heterocycles. The maximum atomic E-state index is 10.1. The summed E-state index contributed by atoms with van der Waals surface area (Å²) in [5.41, 5.74) is 0. The van der Waals surface area contributed by atoms with E-state index in [2.05, 4.69) is 16.8 Å². The zero-order chi connectivity index (χ0) is 14.7. The summed E-state index contributed by atoms with van der Waals surface area (Å²) < 4.78 is 16.2. The number of benzene rings is 1. The molecule has 2 aliphatic rings. The van der Waals surface area contributed by atoms with Crippen LogP contribution in [0.15, 0.2) is 18.2 Å². The van der Waals surface area contributed by atoms with E-state index in [0.29, 0.717) is 18.0 Å². The van der Waals surface area contributed by atoms with Crippen LogP contribution in [0.3, 0.4) is 0 Å². The molecule has 1 atom stereocenters. The highest BCUT2D eigenvalue weighted by molar-refractivity contribution is 5.85. The van der Waals surface area contributed by atoms with Gasteiger partial charge in [0.25, 0.3) is 0 Å². The van der Waals surface area contributed by atoms with E-state index in [1.807, 2.05) is 12.1 Å². The Bertz CT molecular complexity index is 485. The molecule has 0 spiro atoms. The largest absolute Gasteiger partial charge is 0.491 e. The summed E-state index contributed by atoms with van der Waals surface area (Å²) in [5, 5.41) is 10.1. The molecule has 0 radical (unpaired) electrons. The van der Waals surface area contributed by atoms with Crippen molar-refractivity contribution in [2.24, 2.45) is 0 Å². The van der Waals surface area contributed by atoms with Crippen LogP contribution < -0.4 is 14.2 Å². The number of likely N-dealkylation sites (N-methyl/N-ethyl adjacent to an activating group) is 1. The lowest BCUT2D eigenvalue weighted by Crippen LogP contribution is -2.47. The predicted molar refractivity (Wildman–Crippen MR) is 92.5 cm³/mol. The first-order valence-corrected chi connectivity index (χ1v) is 7.32. The van der Waals surface area contributed by atoms with Crippen LogP contribution in [0, 0.1) is 0 Å². The third-order valence-electron chi connectivity index (χ3n) is 3.85. The normalized spacial score (nSPS) is 18.7. The highest BCUT2D eigenvalue weighted by Crippen LogP contribution is 2.35. The molecule has 0 bridgehead atoms.